The van der Waals surface area contributed by atoms with Crippen LogP contribution in [0.4, 0.5) is 4.39 Å². The Kier molecular flexibility index (Phi) is 5.33. The summed E-state index contributed by atoms with van der Waals surface area (Å²) in [5.74, 6) is 2.58. The number of hydrogen-bond acceptors (Lipinski definition) is 5. The van der Waals surface area contributed by atoms with Crippen LogP contribution in [0.15, 0.2) is 42.7 Å². The van der Waals surface area contributed by atoms with Crippen LogP contribution in [0.1, 0.15) is 38.3 Å². The molecule has 0 amide bonds. The summed E-state index contributed by atoms with van der Waals surface area (Å²) in [4.78, 5) is 22.3. The number of H-pyrrole nitrogens is 1. The molecular weight excluding hydrogens is 493 g/mol. The largest absolute Gasteiger partial charge is 0.344 e. The Hall–Kier alpha value is -2.90. The van der Waals surface area contributed by atoms with E-state index in [4.69, 9.17) is 21.6 Å². The average molecular weight is 518 g/mol. The van der Waals surface area contributed by atoms with Gasteiger partial charge in [0.1, 0.15) is 16.4 Å². The van der Waals surface area contributed by atoms with Gasteiger partial charge < -0.3 is 4.98 Å². The number of thiophene rings is 1. The highest BCUT2D eigenvalue weighted by Crippen LogP contribution is 2.50. The molecule has 3 saturated carbocycles. The molecule has 0 aliphatic heterocycles. The molecule has 3 fully saturated rings. The van der Waals surface area contributed by atoms with Gasteiger partial charge in [-0.3, -0.25) is 0 Å². The van der Waals surface area contributed by atoms with E-state index in [1.165, 1.54) is 31.9 Å². The van der Waals surface area contributed by atoms with Gasteiger partial charge in [-0.2, -0.15) is 0 Å². The Bertz CT molecular complexity index is 1570. The van der Waals surface area contributed by atoms with Crippen LogP contribution in [0.2, 0.25) is 5.15 Å². The maximum atomic E-state index is 16.2. The number of aromatic amines is 1. The van der Waals surface area contributed by atoms with Crippen LogP contribution in [0.5, 0.6) is 0 Å². The van der Waals surface area contributed by atoms with E-state index in [9.17, 15) is 0 Å². The van der Waals surface area contributed by atoms with Crippen molar-refractivity contribution in [3.63, 3.8) is 0 Å². The van der Waals surface area contributed by atoms with Gasteiger partial charge in [-0.05, 0) is 73.3 Å². The van der Waals surface area contributed by atoms with Crippen LogP contribution in [-0.4, -0.2) is 24.9 Å². The summed E-state index contributed by atoms with van der Waals surface area (Å²) in [7, 11) is 0. The summed E-state index contributed by atoms with van der Waals surface area (Å²) in [5, 5.41) is 1.38. The predicted molar refractivity (Wildman–Crippen MR) is 143 cm³/mol. The number of nitrogens with zero attached hydrogens (tertiary/aromatic N) is 4. The van der Waals surface area contributed by atoms with Gasteiger partial charge in [-0.1, -0.05) is 36.7 Å². The minimum atomic E-state index is -0.303. The highest BCUT2D eigenvalue weighted by molar-refractivity contribution is 7.22. The second kappa shape index (κ2) is 8.60. The molecule has 8 rings (SSSR count). The highest BCUT2D eigenvalue weighted by atomic mass is 35.5. The maximum Gasteiger partial charge on any atom is 0.171 e. The number of nitrogens with one attached hydrogen (secondary N) is 1. The average Bonchev–Trinajstić information content (AvgIpc) is 3.51. The fourth-order valence-electron chi connectivity index (χ4n) is 6.51. The molecule has 5 nitrogen and oxygen atoms in total. The van der Waals surface area contributed by atoms with Gasteiger partial charge >= 0.3 is 0 Å². The fraction of sp³-hybridized carbons (Fsp3) is 0.357. The first-order valence-electron chi connectivity index (χ1n) is 12.6. The lowest BCUT2D eigenvalue weighted by atomic mass is 9.58. The third kappa shape index (κ3) is 3.63. The Morgan fingerprint density at radius 1 is 1.08 bits per heavy atom. The molecule has 3 aliphatic rings. The first kappa shape index (κ1) is 22.3. The minimum Gasteiger partial charge on any atom is -0.344 e. The molecule has 0 spiro atoms. The van der Waals surface area contributed by atoms with Crippen molar-refractivity contribution >= 4 is 44.2 Å². The fourth-order valence-corrected chi connectivity index (χ4v) is 7.68. The molecule has 2 bridgehead atoms. The zero-order valence-electron chi connectivity index (χ0n) is 19.8. The van der Waals surface area contributed by atoms with E-state index >= 15 is 4.39 Å². The zero-order valence-corrected chi connectivity index (χ0v) is 21.4. The van der Waals surface area contributed by atoms with Crippen molar-refractivity contribution < 1.29 is 4.39 Å². The minimum absolute atomic E-state index is 0.294. The van der Waals surface area contributed by atoms with Crippen molar-refractivity contribution in [1.29, 1.82) is 0 Å². The summed E-state index contributed by atoms with van der Waals surface area (Å²) < 4.78 is 17.3. The number of halogens is 2. The Morgan fingerprint density at radius 3 is 2.69 bits per heavy atom. The van der Waals surface area contributed by atoms with Crippen LogP contribution < -0.4 is 0 Å². The van der Waals surface area contributed by atoms with Crippen molar-refractivity contribution in [1.82, 2.24) is 24.9 Å². The van der Waals surface area contributed by atoms with Gasteiger partial charge in [0.2, 0.25) is 0 Å². The van der Waals surface area contributed by atoms with E-state index in [1.807, 2.05) is 24.3 Å². The van der Waals surface area contributed by atoms with Gasteiger partial charge in [-0.15, -0.1) is 11.3 Å². The van der Waals surface area contributed by atoms with E-state index in [1.54, 1.807) is 17.5 Å². The monoisotopic (exact) mass is 517 g/mol. The third-order valence-electron chi connectivity index (χ3n) is 8.44. The molecule has 0 unspecified atom stereocenters. The van der Waals surface area contributed by atoms with Crippen molar-refractivity contribution in [2.24, 2.45) is 23.7 Å². The second-order valence-corrected chi connectivity index (χ2v) is 11.8. The molecule has 3 aliphatic carbocycles. The summed E-state index contributed by atoms with van der Waals surface area (Å²) in [6, 6.07) is 10.1. The first-order chi connectivity index (χ1) is 17.5. The molecule has 1 N–H and O–H groups in total. The summed E-state index contributed by atoms with van der Waals surface area (Å²) in [6.07, 6.45) is 9.04. The van der Waals surface area contributed by atoms with E-state index in [0.29, 0.717) is 63.3 Å². The smallest absolute Gasteiger partial charge is 0.171 e. The van der Waals surface area contributed by atoms with Crippen LogP contribution in [0, 0.1) is 29.5 Å². The quantitative estimate of drug-likeness (QED) is 0.265. The molecule has 8 heteroatoms. The third-order valence-corrected chi connectivity index (χ3v) is 9.75. The Labute approximate surface area is 217 Å². The molecular formula is C28H25ClFN5S. The van der Waals surface area contributed by atoms with Crippen molar-refractivity contribution in [3.05, 3.63) is 59.4 Å². The van der Waals surface area contributed by atoms with Gasteiger partial charge in [0, 0.05) is 10.9 Å². The SMILES string of the molecule is C[C@@H]1C2CCC(CC2)[C@H]1Cc1nc(-c2c[nH]c3ncc(Cl)nc23)nc(-c2cc3ccccc3s2)c1F. The standard InChI is InChI=1S/C28H25ClFN5S/c1-14-15-6-8-16(9-7-15)18(14)11-20-24(30)26(22-10-17-4-2-3-5-21(17)36-22)35-27(33-20)19-12-31-28-25(19)34-23(29)13-32-28/h2-5,10,12-16,18H,6-9,11H2,1H3,(H,31,32)/t14-,15?,16?,18+/m1/s1. The highest BCUT2D eigenvalue weighted by Gasteiger charge is 2.41. The molecule has 2 atom stereocenters. The van der Waals surface area contributed by atoms with Crippen LogP contribution >= 0.6 is 22.9 Å². The summed E-state index contributed by atoms with van der Waals surface area (Å²) in [6.45, 7) is 2.35. The Morgan fingerprint density at radius 2 is 1.89 bits per heavy atom. The number of rotatable bonds is 4. The van der Waals surface area contributed by atoms with E-state index < -0.39 is 0 Å². The van der Waals surface area contributed by atoms with Crippen LogP contribution in [0.3, 0.4) is 0 Å². The molecule has 0 saturated heterocycles. The number of hydrogen-bond donors (Lipinski definition) is 1. The van der Waals surface area contributed by atoms with Gasteiger partial charge in [0.15, 0.2) is 17.3 Å². The van der Waals surface area contributed by atoms with E-state index in [0.717, 1.165) is 20.9 Å². The van der Waals surface area contributed by atoms with Crippen molar-refractivity contribution in [2.75, 3.05) is 0 Å². The van der Waals surface area contributed by atoms with Gasteiger partial charge in [0.25, 0.3) is 0 Å². The van der Waals surface area contributed by atoms with Gasteiger partial charge in [-0.25, -0.2) is 24.3 Å². The normalized spacial score (nSPS) is 23.6. The number of aromatic nitrogens is 5. The lowest BCUT2D eigenvalue weighted by molar-refractivity contribution is 0.0334. The molecule has 36 heavy (non-hydrogen) atoms. The number of benzene rings is 1. The topological polar surface area (TPSA) is 67.3 Å². The number of fused-ring (bicyclic) bond motifs is 5. The van der Waals surface area contributed by atoms with Crippen LogP contribution in [-0.2, 0) is 6.42 Å². The molecule has 182 valence electrons. The van der Waals surface area contributed by atoms with Crippen molar-refractivity contribution in [3.8, 4) is 22.0 Å². The lowest BCUT2D eigenvalue weighted by Gasteiger charge is -2.47. The molecule has 1 aromatic carbocycles. The van der Waals surface area contributed by atoms with E-state index in [-0.39, 0.29) is 5.82 Å². The lowest BCUT2D eigenvalue weighted by Crippen LogP contribution is -2.39. The van der Waals surface area contributed by atoms with Crippen LogP contribution in [0.25, 0.3) is 43.2 Å². The molecule has 4 heterocycles. The van der Waals surface area contributed by atoms with Crippen molar-refractivity contribution in [2.45, 2.75) is 39.0 Å². The molecule has 4 aromatic heterocycles. The zero-order chi connectivity index (χ0) is 24.4. The molecule has 5 aromatic rings. The maximum absolute atomic E-state index is 16.2. The van der Waals surface area contributed by atoms with Gasteiger partial charge in [0.05, 0.1) is 22.3 Å². The van der Waals surface area contributed by atoms with E-state index in [2.05, 4.69) is 27.9 Å². The first-order valence-corrected chi connectivity index (χ1v) is 13.8. The Balaban J connectivity index is 1.40. The molecule has 0 radical (unpaired) electrons. The summed E-state index contributed by atoms with van der Waals surface area (Å²) >= 11 is 7.71. The predicted octanol–water partition coefficient (Wildman–Crippen LogP) is 7.70. The second-order valence-electron chi connectivity index (χ2n) is 10.3. The summed E-state index contributed by atoms with van der Waals surface area (Å²) in [5.41, 5.74) is 2.73.